The van der Waals surface area contributed by atoms with Crippen LogP contribution in [0.2, 0.25) is 0 Å². The largest absolute Gasteiger partial charge is 0.357 e. The maximum absolute atomic E-state index is 10.8. The van der Waals surface area contributed by atoms with Crippen LogP contribution in [0.25, 0.3) is 0 Å². The van der Waals surface area contributed by atoms with Gasteiger partial charge in [0.15, 0.2) is 0 Å². The molecule has 2 aromatic rings. The van der Waals surface area contributed by atoms with Gasteiger partial charge >= 0.3 is 5.69 Å². The molecule has 0 amide bonds. The van der Waals surface area contributed by atoms with Crippen LogP contribution in [-0.4, -0.2) is 25.1 Å². The molecule has 9 heteroatoms. The van der Waals surface area contributed by atoms with Crippen LogP contribution in [0, 0.1) is 10.1 Å². The van der Waals surface area contributed by atoms with E-state index in [9.17, 15) is 10.1 Å². The normalized spacial score (nSPS) is 10.2. The molecule has 8 nitrogen and oxygen atoms in total. The minimum atomic E-state index is -0.500. The van der Waals surface area contributed by atoms with E-state index < -0.39 is 4.92 Å². The van der Waals surface area contributed by atoms with Gasteiger partial charge in [0.1, 0.15) is 12.2 Å². The number of nitrogens with zero attached hydrogens (tertiary/aromatic N) is 4. The van der Waals surface area contributed by atoms with Crippen LogP contribution >= 0.6 is 15.9 Å². The average Bonchev–Trinajstić information content (AvgIpc) is 2.80. The molecule has 0 fully saturated rings. The Bertz CT molecular complexity index is 529. The SMILES string of the molecule is O=[N+]([O-])c1cc(Br)cnc1NCc1ncn[nH]1. The number of aromatic nitrogens is 4. The van der Waals surface area contributed by atoms with Crippen molar-refractivity contribution in [2.75, 3.05) is 5.32 Å². The summed E-state index contributed by atoms with van der Waals surface area (Å²) in [6, 6.07) is 1.38. The Hall–Kier alpha value is -2.03. The summed E-state index contributed by atoms with van der Waals surface area (Å²) in [5.41, 5.74) is -0.0982. The summed E-state index contributed by atoms with van der Waals surface area (Å²) in [5, 5.41) is 19.9. The predicted octanol–water partition coefficient (Wildman–Crippen LogP) is 1.48. The van der Waals surface area contributed by atoms with Crippen LogP contribution in [0.4, 0.5) is 11.5 Å². The molecule has 0 radical (unpaired) electrons. The molecule has 2 N–H and O–H groups in total. The molecule has 2 heterocycles. The Kier molecular flexibility index (Phi) is 3.28. The first kappa shape index (κ1) is 11.5. The second kappa shape index (κ2) is 4.87. The lowest BCUT2D eigenvalue weighted by Crippen LogP contribution is -2.05. The minimum Gasteiger partial charge on any atom is -0.357 e. The van der Waals surface area contributed by atoms with E-state index in [4.69, 9.17) is 0 Å². The molecule has 17 heavy (non-hydrogen) atoms. The standard InChI is InChI=1S/C8H7BrN6O2/c9-5-1-6(15(16)17)8(10-2-5)11-3-7-12-4-13-14-7/h1-2,4H,3H2,(H,10,11)(H,12,13,14). The zero-order chi connectivity index (χ0) is 12.3. The Labute approximate surface area is 104 Å². The van der Waals surface area contributed by atoms with Crippen LogP contribution in [0.1, 0.15) is 5.82 Å². The van der Waals surface area contributed by atoms with E-state index in [1.165, 1.54) is 18.6 Å². The van der Waals surface area contributed by atoms with Gasteiger partial charge in [0.25, 0.3) is 0 Å². The molecule has 0 aromatic carbocycles. The predicted molar refractivity (Wildman–Crippen MR) is 62.3 cm³/mol. The van der Waals surface area contributed by atoms with Crippen molar-refractivity contribution in [1.29, 1.82) is 0 Å². The fourth-order valence-corrected chi connectivity index (χ4v) is 1.51. The van der Waals surface area contributed by atoms with Crippen molar-refractivity contribution < 1.29 is 4.92 Å². The highest BCUT2D eigenvalue weighted by Gasteiger charge is 2.15. The molecule has 88 valence electrons. The molecule has 0 aliphatic carbocycles. The smallest absolute Gasteiger partial charge is 0.312 e. The lowest BCUT2D eigenvalue weighted by atomic mass is 10.4. The number of aromatic amines is 1. The Balaban J connectivity index is 2.17. The number of rotatable bonds is 4. The van der Waals surface area contributed by atoms with Gasteiger partial charge in [-0.15, -0.1) is 0 Å². The molecule has 0 aliphatic heterocycles. The van der Waals surface area contributed by atoms with Gasteiger partial charge in [-0.2, -0.15) is 5.10 Å². The number of hydrogen-bond acceptors (Lipinski definition) is 6. The highest BCUT2D eigenvalue weighted by atomic mass is 79.9. The lowest BCUT2D eigenvalue weighted by Gasteiger charge is -2.04. The molecule has 2 rings (SSSR count). The summed E-state index contributed by atoms with van der Waals surface area (Å²) in [6.45, 7) is 0.287. The van der Waals surface area contributed by atoms with Crippen LogP contribution in [0.5, 0.6) is 0 Å². The van der Waals surface area contributed by atoms with Crippen molar-refractivity contribution in [2.24, 2.45) is 0 Å². The third-order valence-electron chi connectivity index (χ3n) is 1.92. The second-order valence-electron chi connectivity index (χ2n) is 3.06. The highest BCUT2D eigenvalue weighted by Crippen LogP contribution is 2.25. The maximum atomic E-state index is 10.8. The number of pyridine rings is 1. The van der Waals surface area contributed by atoms with E-state index >= 15 is 0 Å². The van der Waals surface area contributed by atoms with Gasteiger partial charge < -0.3 is 5.32 Å². The van der Waals surface area contributed by atoms with E-state index in [1.54, 1.807) is 0 Å². The topological polar surface area (TPSA) is 110 Å². The molecular formula is C8H7BrN6O2. The number of H-pyrrole nitrogens is 1. The van der Waals surface area contributed by atoms with Crippen molar-refractivity contribution in [2.45, 2.75) is 6.54 Å². The fourth-order valence-electron chi connectivity index (χ4n) is 1.19. The summed E-state index contributed by atoms with van der Waals surface area (Å²) >= 11 is 3.13. The van der Waals surface area contributed by atoms with Crippen molar-refractivity contribution in [3.63, 3.8) is 0 Å². The monoisotopic (exact) mass is 298 g/mol. The number of nitro groups is 1. The number of nitrogens with one attached hydrogen (secondary N) is 2. The first-order valence-electron chi connectivity index (χ1n) is 4.55. The van der Waals surface area contributed by atoms with Gasteiger partial charge in [-0.05, 0) is 15.9 Å². The Morgan fingerprint density at radius 3 is 3.00 bits per heavy atom. The lowest BCUT2D eigenvalue weighted by molar-refractivity contribution is -0.384. The van der Waals surface area contributed by atoms with Crippen molar-refractivity contribution >= 4 is 27.4 Å². The average molecular weight is 299 g/mol. The summed E-state index contributed by atoms with van der Waals surface area (Å²) in [4.78, 5) is 18.1. The van der Waals surface area contributed by atoms with E-state index in [0.29, 0.717) is 10.3 Å². The molecule has 0 aliphatic rings. The van der Waals surface area contributed by atoms with E-state index in [2.05, 4.69) is 41.4 Å². The fraction of sp³-hybridized carbons (Fsp3) is 0.125. The van der Waals surface area contributed by atoms with Gasteiger partial charge in [0, 0.05) is 16.7 Å². The van der Waals surface area contributed by atoms with E-state index in [1.807, 2.05) is 0 Å². The summed E-state index contributed by atoms with van der Waals surface area (Å²) in [6.07, 6.45) is 2.84. The summed E-state index contributed by atoms with van der Waals surface area (Å²) in [7, 11) is 0. The van der Waals surface area contributed by atoms with Crippen molar-refractivity contribution in [1.82, 2.24) is 20.2 Å². The summed E-state index contributed by atoms with van der Waals surface area (Å²) in [5.74, 6) is 0.763. The first-order valence-corrected chi connectivity index (χ1v) is 5.34. The molecule has 0 unspecified atom stereocenters. The zero-order valence-corrected chi connectivity index (χ0v) is 10.0. The molecule has 0 saturated heterocycles. The quantitative estimate of drug-likeness (QED) is 0.653. The highest BCUT2D eigenvalue weighted by molar-refractivity contribution is 9.10. The number of halogens is 1. The molecule has 0 spiro atoms. The van der Waals surface area contributed by atoms with Crippen LogP contribution in [0.15, 0.2) is 23.1 Å². The van der Waals surface area contributed by atoms with Crippen molar-refractivity contribution in [3.8, 4) is 0 Å². The van der Waals surface area contributed by atoms with Gasteiger partial charge in [0.05, 0.1) is 11.5 Å². The zero-order valence-electron chi connectivity index (χ0n) is 8.42. The van der Waals surface area contributed by atoms with Gasteiger partial charge in [-0.1, -0.05) is 0 Å². The first-order chi connectivity index (χ1) is 8.16. The van der Waals surface area contributed by atoms with Crippen LogP contribution in [0.3, 0.4) is 0 Å². The van der Waals surface area contributed by atoms with Crippen LogP contribution < -0.4 is 5.32 Å². The number of anilines is 1. The summed E-state index contributed by atoms with van der Waals surface area (Å²) < 4.78 is 0.550. The van der Waals surface area contributed by atoms with Gasteiger partial charge in [0.2, 0.25) is 5.82 Å². The Morgan fingerprint density at radius 1 is 1.53 bits per heavy atom. The third kappa shape index (κ3) is 2.75. The van der Waals surface area contributed by atoms with Gasteiger partial charge in [-0.3, -0.25) is 15.2 Å². The van der Waals surface area contributed by atoms with E-state index in [0.717, 1.165) is 0 Å². The van der Waals surface area contributed by atoms with E-state index in [-0.39, 0.29) is 18.1 Å². The maximum Gasteiger partial charge on any atom is 0.312 e. The third-order valence-corrected chi connectivity index (χ3v) is 2.35. The Morgan fingerprint density at radius 2 is 2.35 bits per heavy atom. The molecular weight excluding hydrogens is 292 g/mol. The number of hydrogen-bond donors (Lipinski definition) is 2. The molecule has 2 aromatic heterocycles. The molecule has 0 atom stereocenters. The van der Waals surface area contributed by atoms with Gasteiger partial charge in [-0.25, -0.2) is 9.97 Å². The minimum absolute atomic E-state index is 0.0982. The van der Waals surface area contributed by atoms with Crippen molar-refractivity contribution in [3.05, 3.63) is 39.0 Å². The van der Waals surface area contributed by atoms with Crippen LogP contribution in [-0.2, 0) is 6.54 Å². The second-order valence-corrected chi connectivity index (χ2v) is 3.98. The molecule has 0 saturated carbocycles. The molecule has 0 bridgehead atoms.